The number of nitrogens with one attached hydrogen (secondary N) is 1. The van der Waals surface area contributed by atoms with Crippen molar-refractivity contribution in [1.82, 2.24) is 5.32 Å². The van der Waals surface area contributed by atoms with Gasteiger partial charge in [0.15, 0.2) is 0 Å². The first kappa shape index (κ1) is 13.4. The SMILES string of the molecule is O=C(N[C@H]1C[C@@H]2OCC[C@H]12)c1ccc(C(F)(F)F)cc1. The highest BCUT2D eigenvalue weighted by Gasteiger charge is 2.45. The molecule has 0 aromatic heterocycles. The Hall–Kier alpha value is -1.56. The fourth-order valence-electron chi connectivity index (χ4n) is 2.83. The van der Waals surface area contributed by atoms with Crippen LogP contribution in [-0.2, 0) is 10.9 Å². The van der Waals surface area contributed by atoms with E-state index in [4.69, 9.17) is 4.74 Å². The lowest BCUT2D eigenvalue weighted by molar-refractivity contribution is -0.137. The lowest BCUT2D eigenvalue weighted by atomic mass is 9.76. The number of ether oxygens (including phenoxy) is 1. The highest BCUT2D eigenvalue weighted by Crippen LogP contribution is 2.38. The number of halogens is 3. The molecule has 1 aromatic rings. The van der Waals surface area contributed by atoms with Crippen molar-refractivity contribution in [2.45, 2.75) is 31.2 Å². The number of rotatable bonds is 2. The maximum Gasteiger partial charge on any atom is 0.416 e. The summed E-state index contributed by atoms with van der Waals surface area (Å²) in [6, 6.07) is 4.35. The molecule has 2 fully saturated rings. The van der Waals surface area contributed by atoms with Crippen molar-refractivity contribution in [3.63, 3.8) is 0 Å². The predicted octanol–water partition coefficient (Wildman–Crippen LogP) is 2.61. The predicted molar refractivity (Wildman–Crippen MR) is 65.2 cm³/mol. The Morgan fingerprint density at radius 2 is 1.95 bits per heavy atom. The summed E-state index contributed by atoms with van der Waals surface area (Å²) in [5.74, 6) is 0.0301. The Kier molecular flexibility index (Phi) is 3.20. The number of hydrogen-bond donors (Lipinski definition) is 1. The number of benzene rings is 1. The van der Waals surface area contributed by atoms with Crippen molar-refractivity contribution in [1.29, 1.82) is 0 Å². The Morgan fingerprint density at radius 3 is 2.55 bits per heavy atom. The quantitative estimate of drug-likeness (QED) is 0.907. The van der Waals surface area contributed by atoms with Gasteiger partial charge in [0.25, 0.3) is 5.91 Å². The molecular formula is C14H14F3NO2. The molecule has 1 aliphatic heterocycles. The van der Waals surface area contributed by atoms with Crippen LogP contribution in [0.1, 0.15) is 28.8 Å². The maximum absolute atomic E-state index is 12.4. The second-order valence-electron chi connectivity index (χ2n) is 5.25. The lowest BCUT2D eigenvalue weighted by Gasteiger charge is -2.39. The van der Waals surface area contributed by atoms with Gasteiger partial charge in [0.05, 0.1) is 11.7 Å². The van der Waals surface area contributed by atoms with Crippen LogP contribution in [0, 0.1) is 5.92 Å². The fourth-order valence-corrected chi connectivity index (χ4v) is 2.83. The van der Waals surface area contributed by atoms with Crippen LogP contribution in [0.5, 0.6) is 0 Å². The van der Waals surface area contributed by atoms with Crippen LogP contribution >= 0.6 is 0 Å². The van der Waals surface area contributed by atoms with Crippen LogP contribution in [0.2, 0.25) is 0 Å². The zero-order valence-electron chi connectivity index (χ0n) is 10.6. The van der Waals surface area contributed by atoms with Gasteiger partial charge in [0.2, 0.25) is 0 Å². The second-order valence-corrected chi connectivity index (χ2v) is 5.25. The highest BCUT2D eigenvalue weighted by molar-refractivity contribution is 5.94. The Bertz CT molecular complexity index is 512. The van der Waals surface area contributed by atoms with E-state index < -0.39 is 11.7 Å². The summed E-state index contributed by atoms with van der Waals surface area (Å²) in [4.78, 5) is 12.0. The van der Waals surface area contributed by atoms with Crippen molar-refractivity contribution in [3.8, 4) is 0 Å². The molecule has 0 bridgehead atoms. The van der Waals surface area contributed by atoms with Gasteiger partial charge in [-0.1, -0.05) is 0 Å². The summed E-state index contributed by atoms with van der Waals surface area (Å²) in [5, 5.41) is 2.86. The average Bonchev–Trinajstić information content (AvgIpc) is 2.76. The van der Waals surface area contributed by atoms with Gasteiger partial charge in [-0.3, -0.25) is 4.79 Å². The molecule has 1 saturated carbocycles. The normalized spacial score (nSPS) is 28.6. The third-order valence-corrected chi connectivity index (χ3v) is 4.05. The van der Waals surface area contributed by atoms with E-state index in [-0.39, 0.29) is 23.6 Å². The minimum Gasteiger partial charge on any atom is -0.378 e. The minimum absolute atomic E-state index is 0.0808. The summed E-state index contributed by atoms with van der Waals surface area (Å²) < 4.78 is 42.7. The summed E-state index contributed by atoms with van der Waals surface area (Å²) in [7, 11) is 0. The molecule has 0 spiro atoms. The Balaban J connectivity index is 1.63. The highest BCUT2D eigenvalue weighted by atomic mass is 19.4. The number of amides is 1. The van der Waals surface area contributed by atoms with Gasteiger partial charge in [-0.2, -0.15) is 13.2 Å². The number of alkyl halides is 3. The summed E-state index contributed by atoms with van der Waals surface area (Å²) >= 11 is 0. The molecule has 1 aliphatic carbocycles. The van der Waals surface area contributed by atoms with Gasteiger partial charge >= 0.3 is 6.18 Å². The van der Waals surface area contributed by atoms with Crippen molar-refractivity contribution in [2.75, 3.05) is 6.61 Å². The van der Waals surface area contributed by atoms with Crippen LogP contribution in [0.25, 0.3) is 0 Å². The maximum atomic E-state index is 12.4. The summed E-state index contributed by atoms with van der Waals surface area (Å²) in [5.41, 5.74) is -0.498. The third kappa shape index (κ3) is 2.40. The lowest BCUT2D eigenvalue weighted by Crippen LogP contribution is -2.53. The molecule has 2 aliphatic rings. The standard InChI is InChI=1S/C14H14F3NO2/c15-14(16,17)9-3-1-8(2-4-9)13(19)18-11-7-12-10(11)5-6-20-12/h1-4,10-12H,5-7H2,(H,18,19)/t10-,11+,12+/m1/s1. The number of carbonyl (C=O) groups is 1. The average molecular weight is 285 g/mol. The van der Waals surface area contributed by atoms with Crippen molar-refractivity contribution in [3.05, 3.63) is 35.4 Å². The van der Waals surface area contributed by atoms with Gasteiger partial charge < -0.3 is 10.1 Å². The van der Waals surface area contributed by atoms with E-state index in [2.05, 4.69) is 5.32 Å². The van der Waals surface area contributed by atoms with Gasteiger partial charge in [-0.05, 0) is 37.1 Å². The van der Waals surface area contributed by atoms with E-state index in [1.165, 1.54) is 12.1 Å². The molecule has 1 N–H and O–H groups in total. The molecule has 3 rings (SSSR count). The fraction of sp³-hybridized carbons (Fsp3) is 0.500. The summed E-state index contributed by atoms with van der Waals surface area (Å²) in [6.07, 6.45) is -2.41. The van der Waals surface area contributed by atoms with Crippen molar-refractivity contribution in [2.24, 2.45) is 5.92 Å². The van der Waals surface area contributed by atoms with Crippen LogP contribution in [0.4, 0.5) is 13.2 Å². The molecule has 1 amide bonds. The van der Waals surface area contributed by atoms with Gasteiger partial charge in [-0.25, -0.2) is 0 Å². The smallest absolute Gasteiger partial charge is 0.378 e. The molecule has 6 heteroatoms. The molecule has 0 unspecified atom stereocenters. The van der Waals surface area contributed by atoms with E-state index in [0.717, 1.165) is 31.6 Å². The molecule has 108 valence electrons. The first-order chi connectivity index (χ1) is 9.45. The first-order valence-electron chi connectivity index (χ1n) is 6.55. The van der Waals surface area contributed by atoms with Crippen LogP contribution in [0.15, 0.2) is 24.3 Å². The molecule has 20 heavy (non-hydrogen) atoms. The van der Waals surface area contributed by atoms with Gasteiger partial charge in [0.1, 0.15) is 0 Å². The molecule has 0 radical (unpaired) electrons. The van der Waals surface area contributed by atoms with Crippen LogP contribution < -0.4 is 5.32 Å². The number of hydrogen-bond acceptors (Lipinski definition) is 2. The third-order valence-electron chi connectivity index (χ3n) is 4.05. The van der Waals surface area contributed by atoms with E-state index in [0.29, 0.717) is 5.92 Å². The van der Waals surface area contributed by atoms with E-state index in [1.54, 1.807) is 0 Å². The largest absolute Gasteiger partial charge is 0.416 e. The van der Waals surface area contributed by atoms with Gasteiger partial charge in [0, 0.05) is 24.1 Å². The Labute approximate surface area is 114 Å². The molecule has 3 nitrogen and oxygen atoms in total. The topological polar surface area (TPSA) is 38.3 Å². The first-order valence-corrected chi connectivity index (χ1v) is 6.55. The molecule has 1 aromatic carbocycles. The molecule has 3 atom stereocenters. The molecular weight excluding hydrogens is 271 g/mol. The number of carbonyl (C=O) groups excluding carboxylic acids is 1. The van der Waals surface area contributed by atoms with Crippen molar-refractivity contribution < 1.29 is 22.7 Å². The summed E-state index contributed by atoms with van der Waals surface area (Å²) in [6.45, 7) is 0.724. The number of fused-ring (bicyclic) bond motifs is 1. The monoisotopic (exact) mass is 285 g/mol. The second kappa shape index (κ2) is 4.77. The molecule has 1 heterocycles. The Morgan fingerprint density at radius 1 is 1.25 bits per heavy atom. The minimum atomic E-state index is -4.38. The zero-order valence-corrected chi connectivity index (χ0v) is 10.6. The van der Waals surface area contributed by atoms with E-state index >= 15 is 0 Å². The van der Waals surface area contributed by atoms with Crippen molar-refractivity contribution >= 4 is 5.91 Å². The van der Waals surface area contributed by atoms with Crippen LogP contribution in [0.3, 0.4) is 0 Å². The van der Waals surface area contributed by atoms with Crippen LogP contribution in [-0.4, -0.2) is 24.7 Å². The van der Waals surface area contributed by atoms with E-state index in [1.807, 2.05) is 0 Å². The zero-order chi connectivity index (χ0) is 14.3. The van der Waals surface area contributed by atoms with E-state index in [9.17, 15) is 18.0 Å². The molecule has 1 saturated heterocycles. The van der Waals surface area contributed by atoms with Gasteiger partial charge in [-0.15, -0.1) is 0 Å².